The van der Waals surface area contributed by atoms with Crippen LogP contribution in [0.1, 0.15) is 20.3 Å². The second kappa shape index (κ2) is 11.1. The van der Waals surface area contributed by atoms with Crippen molar-refractivity contribution in [2.45, 2.75) is 31.2 Å². The summed E-state index contributed by atoms with van der Waals surface area (Å²) >= 11 is 0. The Kier molecular flexibility index (Phi) is 9.50. The van der Waals surface area contributed by atoms with E-state index in [9.17, 15) is 22.4 Å². The fourth-order valence-corrected chi connectivity index (χ4v) is 3.81. The van der Waals surface area contributed by atoms with Gasteiger partial charge in [0.25, 0.3) is 0 Å². The third-order valence-corrected chi connectivity index (χ3v) is 5.42. The molecule has 0 aromatic heterocycles. The normalized spacial score (nSPS) is 12.6. The smallest absolute Gasteiger partial charge is 0.244 e. The quantitative estimate of drug-likeness (QED) is 0.517. The maximum absolute atomic E-state index is 13.9. The second-order valence-electron chi connectivity index (χ2n) is 6.66. The minimum Gasteiger partial charge on any atom is -0.385 e. The third kappa shape index (κ3) is 7.17. The van der Waals surface area contributed by atoms with Crippen LogP contribution in [0.2, 0.25) is 0 Å². The second-order valence-corrected chi connectivity index (χ2v) is 8.35. The molecule has 0 unspecified atom stereocenters. The van der Waals surface area contributed by atoms with Gasteiger partial charge < -0.3 is 15.0 Å². The molecule has 0 aliphatic carbocycles. The molecule has 0 saturated heterocycles. The lowest BCUT2D eigenvalue weighted by atomic mass is 10.0. The van der Waals surface area contributed by atoms with Gasteiger partial charge in [-0.2, -0.15) is 4.72 Å². The minimum atomic E-state index is -4.25. The van der Waals surface area contributed by atoms with Crippen molar-refractivity contribution >= 4 is 21.8 Å². The molecule has 0 saturated carbocycles. The molecule has 0 aliphatic rings. The summed E-state index contributed by atoms with van der Waals surface area (Å²) in [7, 11) is -1.28. The first-order valence-electron chi connectivity index (χ1n) is 8.87. The molecule has 0 fully saturated rings. The summed E-state index contributed by atoms with van der Waals surface area (Å²) in [5.41, 5.74) is 0. The number of likely N-dealkylation sites (N-methyl/N-ethyl adjacent to an activating group) is 1. The van der Waals surface area contributed by atoms with Crippen LogP contribution in [0.5, 0.6) is 0 Å². The van der Waals surface area contributed by atoms with Crippen LogP contribution in [0, 0.1) is 11.7 Å². The van der Waals surface area contributed by atoms with Crippen molar-refractivity contribution in [1.29, 1.82) is 0 Å². The topological polar surface area (TPSA) is 105 Å². The Hall–Kier alpha value is -2.04. The number of carbonyl (C=O) groups is 2. The van der Waals surface area contributed by atoms with Crippen LogP contribution in [-0.4, -0.2) is 65.0 Å². The molecular formula is C18H28FN3O5S. The Morgan fingerprint density at radius 3 is 2.46 bits per heavy atom. The standard InChI is InChI=1S/C18H28FN3O5S/c1-13(2)17(21-28(25,26)15-9-6-5-8-14(15)19)18(24)22(3)12-16(23)20-10-7-11-27-4/h5-6,8-9,13,17,21H,7,10-12H2,1-4H3,(H,20,23)/t17-/m0/s1. The van der Waals surface area contributed by atoms with Crippen molar-refractivity contribution < 1.29 is 27.1 Å². The van der Waals surface area contributed by atoms with E-state index in [-0.39, 0.29) is 12.5 Å². The summed E-state index contributed by atoms with van der Waals surface area (Å²) in [4.78, 5) is 25.2. The van der Waals surface area contributed by atoms with Crippen LogP contribution in [0.4, 0.5) is 4.39 Å². The number of nitrogens with zero attached hydrogens (tertiary/aromatic N) is 1. The van der Waals surface area contributed by atoms with Crippen LogP contribution < -0.4 is 10.0 Å². The van der Waals surface area contributed by atoms with E-state index >= 15 is 0 Å². The van der Waals surface area contributed by atoms with Crippen LogP contribution >= 0.6 is 0 Å². The molecule has 0 heterocycles. The van der Waals surface area contributed by atoms with Crippen molar-refractivity contribution in [1.82, 2.24) is 14.9 Å². The van der Waals surface area contributed by atoms with E-state index in [1.165, 1.54) is 19.2 Å². The molecule has 2 amide bonds. The van der Waals surface area contributed by atoms with E-state index in [0.717, 1.165) is 17.0 Å². The Bertz CT molecular complexity index is 770. The van der Waals surface area contributed by atoms with Crippen molar-refractivity contribution in [3.8, 4) is 0 Å². The molecular weight excluding hydrogens is 389 g/mol. The van der Waals surface area contributed by atoms with Crippen molar-refractivity contribution in [2.75, 3.05) is 33.9 Å². The van der Waals surface area contributed by atoms with Gasteiger partial charge in [0.2, 0.25) is 21.8 Å². The Morgan fingerprint density at radius 1 is 1.25 bits per heavy atom. The maximum atomic E-state index is 13.9. The van der Waals surface area contributed by atoms with Gasteiger partial charge in [-0.05, 0) is 24.5 Å². The number of carbonyl (C=O) groups excluding carboxylic acids is 2. The van der Waals surface area contributed by atoms with Crippen molar-refractivity contribution in [3.05, 3.63) is 30.1 Å². The number of ether oxygens (including phenoxy) is 1. The Labute approximate surface area is 165 Å². The summed E-state index contributed by atoms with van der Waals surface area (Å²) in [6, 6.07) is 3.77. The number of hydrogen-bond donors (Lipinski definition) is 2. The number of methoxy groups -OCH3 is 1. The van der Waals surface area contributed by atoms with Gasteiger partial charge in [0.1, 0.15) is 16.8 Å². The van der Waals surface area contributed by atoms with Gasteiger partial charge in [-0.1, -0.05) is 26.0 Å². The maximum Gasteiger partial charge on any atom is 0.244 e. The lowest BCUT2D eigenvalue weighted by Crippen LogP contribution is -2.52. The van der Waals surface area contributed by atoms with E-state index in [0.29, 0.717) is 19.6 Å². The summed E-state index contributed by atoms with van der Waals surface area (Å²) < 4.78 is 46.0. The lowest BCUT2D eigenvalue weighted by Gasteiger charge is -2.26. The zero-order valence-electron chi connectivity index (χ0n) is 16.6. The first-order valence-corrected chi connectivity index (χ1v) is 10.4. The van der Waals surface area contributed by atoms with Crippen LogP contribution in [0.25, 0.3) is 0 Å². The lowest BCUT2D eigenvalue weighted by molar-refractivity contribution is -0.136. The summed E-state index contributed by atoms with van der Waals surface area (Å²) in [6.07, 6.45) is 0.636. The number of hydrogen-bond acceptors (Lipinski definition) is 5. The van der Waals surface area contributed by atoms with Gasteiger partial charge in [-0.3, -0.25) is 9.59 Å². The first kappa shape index (κ1) is 24.0. The molecule has 0 bridgehead atoms. The molecule has 158 valence electrons. The SMILES string of the molecule is COCCCNC(=O)CN(C)C(=O)[C@@H](NS(=O)(=O)c1ccccc1F)C(C)C. The third-order valence-electron chi connectivity index (χ3n) is 3.95. The highest BCUT2D eigenvalue weighted by molar-refractivity contribution is 7.89. The number of nitrogens with one attached hydrogen (secondary N) is 2. The highest BCUT2D eigenvalue weighted by Crippen LogP contribution is 2.16. The average molecular weight is 418 g/mol. The fourth-order valence-electron chi connectivity index (χ4n) is 2.40. The minimum absolute atomic E-state index is 0.226. The Morgan fingerprint density at radius 2 is 1.89 bits per heavy atom. The van der Waals surface area contributed by atoms with E-state index in [1.54, 1.807) is 21.0 Å². The predicted molar refractivity (Wildman–Crippen MR) is 102 cm³/mol. The highest BCUT2D eigenvalue weighted by atomic mass is 32.2. The molecule has 10 heteroatoms. The predicted octanol–water partition coefficient (Wildman–Crippen LogP) is 0.740. The molecule has 1 atom stereocenters. The summed E-state index contributed by atoms with van der Waals surface area (Å²) in [5, 5.41) is 2.65. The van der Waals surface area contributed by atoms with Crippen molar-refractivity contribution in [2.24, 2.45) is 5.92 Å². The van der Waals surface area contributed by atoms with E-state index in [4.69, 9.17) is 4.74 Å². The molecule has 1 aromatic carbocycles. The largest absolute Gasteiger partial charge is 0.385 e. The average Bonchev–Trinajstić information content (AvgIpc) is 2.62. The molecule has 0 radical (unpaired) electrons. The van der Waals surface area contributed by atoms with Crippen molar-refractivity contribution in [3.63, 3.8) is 0 Å². The summed E-state index contributed by atoms with van der Waals surface area (Å²) in [6.45, 7) is 4.00. The van der Waals surface area contributed by atoms with Gasteiger partial charge in [0.05, 0.1) is 6.54 Å². The van der Waals surface area contributed by atoms with E-state index in [1.807, 2.05) is 0 Å². The molecule has 1 aromatic rings. The number of halogens is 1. The van der Waals surface area contributed by atoms with Crippen LogP contribution in [0.3, 0.4) is 0 Å². The Balaban J connectivity index is 2.81. The first-order chi connectivity index (χ1) is 13.1. The molecule has 8 nitrogen and oxygen atoms in total. The van der Waals surface area contributed by atoms with Gasteiger partial charge in [-0.15, -0.1) is 0 Å². The van der Waals surface area contributed by atoms with E-state index < -0.39 is 38.6 Å². The molecule has 0 aliphatic heterocycles. The van der Waals surface area contributed by atoms with Gasteiger partial charge >= 0.3 is 0 Å². The van der Waals surface area contributed by atoms with E-state index in [2.05, 4.69) is 10.0 Å². The molecule has 28 heavy (non-hydrogen) atoms. The number of rotatable bonds is 11. The summed E-state index contributed by atoms with van der Waals surface area (Å²) in [5.74, 6) is -2.27. The molecule has 1 rings (SSSR count). The van der Waals surface area contributed by atoms with Gasteiger partial charge in [0.15, 0.2) is 0 Å². The van der Waals surface area contributed by atoms with Crippen LogP contribution in [0.15, 0.2) is 29.2 Å². The van der Waals surface area contributed by atoms with Gasteiger partial charge in [0, 0.05) is 27.3 Å². The highest BCUT2D eigenvalue weighted by Gasteiger charge is 2.32. The number of sulfonamides is 1. The monoisotopic (exact) mass is 417 g/mol. The molecule has 0 spiro atoms. The fraction of sp³-hybridized carbons (Fsp3) is 0.556. The van der Waals surface area contributed by atoms with Gasteiger partial charge in [-0.25, -0.2) is 12.8 Å². The molecule has 2 N–H and O–H groups in total. The zero-order chi connectivity index (χ0) is 21.3. The number of amides is 2. The zero-order valence-corrected chi connectivity index (χ0v) is 17.4. The van der Waals surface area contributed by atoms with Crippen LogP contribution in [-0.2, 0) is 24.3 Å². The number of benzene rings is 1.